The van der Waals surface area contributed by atoms with Crippen LogP contribution in [0.15, 0.2) is 21.6 Å². The zero-order valence-corrected chi connectivity index (χ0v) is 14.4. The van der Waals surface area contributed by atoms with Gasteiger partial charge in [0.2, 0.25) is 15.9 Å². The van der Waals surface area contributed by atoms with Crippen LogP contribution < -0.4 is 15.8 Å². The molecule has 0 aliphatic heterocycles. The third kappa shape index (κ3) is 4.65. The number of carbonyl (C=O) groups is 1. The summed E-state index contributed by atoms with van der Waals surface area (Å²) in [5, 5.41) is 2.91. The molecule has 22 heavy (non-hydrogen) atoms. The van der Waals surface area contributed by atoms with Crippen LogP contribution in [0.4, 0.5) is 5.82 Å². The molecule has 0 aromatic carbocycles. The van der Waals surface area contributed by atoms with E-state index in [4.69, 9.17) is 5.73 Å². The molecule has 1 aliphatic rings. The van der Waals surface area contributed by atoms with E-state index in [1.807, 2.05) is 0 Å². The molecule has 0 bridgehead atoms. The molecule has 4 N–H and O–H groups in total. The molecule has 1 fully saturated rings. The molecule has 9 heteroatoms. The zero-order chi connectivity index (χ0) is 16.2. The first kappa shape index (κ1) is 17.2. The van der Waals surface area contributed by atoms with Crippen LogP contribution in [-0.4, -0.2) is 31.9 Å². The van der Waals surface area contributed by atoms with Crippen molar-refractivity contribution >= 4 is 37.7 Å². The first-order valence-corrected chi connectivity index (χ1v) is 9.36. The summed E-state index contributed by atoms with van der Waals surface area (Å²) in [6.07, 6.45) is 5.77. The van der Waals surface area contributed by atoms with Crippen LogP contribution in [-0.2, 0) is 14.8 Å². The lowest BCUT2D eigenvalue weighted by Gasteiger charge is -2.12. The SMILES string of the molecule is Nc1ncc(Br)cc1S(=O)(=O)NCCC(=O)NC1CCCC1. The van der Waals surface area contributed by atoms with E-state index in [1.165, 1.54) is 12.3 Å². The molecule has 2 rings (SSSR count). The maximum absolute atomic E-state index is 12.1. The number of nitrogen functional groups attached to an aromatic ring is 1. The molecule has 0 spiro atoms. The van der Waals surface area contributed by atoms with Crippen LogP contribution in [0.25, 0.3) is 0 Å². The van der Waals surface area contributed by atoms with Crippen molar-refractivity contribution in [3.05, 3.63) is 16.7 Å². The highest BCUT2D eigenvalue weighted by Gasteiger charge is 2.20. The van der Waals surface area contributed by atoms with Gasteiger partial charge in [0, 0.05) is 29.7 Å². The number of halogens is 1. The van der Waals surface area contributed by atoms with Crippen molar-refractivity contribution in [2.75, 3.05) is 12.3 Å². The van der Waals surface area contributed by atoms with Gasteiger partial charge < -0.3 is 11.1 Å². The molecule has 0 radical (unpaired) electrons. The van der Waals surface area contributed by atoms with Crippen molar-refractivity contribution in [1.29, 1.82) is 0 Å². The molecular weight excluding hydrogens is 372 g/mol. The highest BCUT2D eigenvalue weighted by atomic mass is 79.9. The fourth-order valence-electron chi connectivity index (χ4n) is 2.39. The van der Waals surface area contributed by atoms with E-state index in [2.05, 4.69) is 31.0 Å². The largest absolute Gasteiger partial charge is 0.383 e. The number of aromatic nitrogens is 1. The van der Waals surface area contributed by atoms with E-state index < -0.39 is 10.0 Å². The number of hydrogen-bond acceptors (Lipinski definition) is 5. The Hall–Kier alpha value is -1.19. The van der Waals surface area contributed by atoms with Crippen molar-refractivity contribution in [1.82, 2.24) is 15.0 Å². The first-order valence-electron chi connectivity index (χ1n) is 7.08. The lowest BCUT2D eigenvalue weighted by molar-refractivity contribution is -0.121. The van der Waals surface area contributed by atoms with Gasteiger partial charge in [-0.05, 0) is 34.8 Å². The van der Waals surface area contributed by atoms with Gasteiger partial charge in [0.1, 0.15) is 10.7 Å². The van der Waals surface area contributed by atoms with Crippen LogP contribution >= 0.6 is 15.9 Å². The molecule has 1 aromatic rings. The van der Waals surface area contributed by atoms with Gasteiger partial charge in [-0.15, -0.1) is 0 Å². The Morgan fingerprint density at radius 2 is 2.09 bits per heavy atom. The summed E-state index contributed by atoms with van der Waals surface area (Å²) in [5.41, 5.74) is 5.59. The van der Waals surface area contributed by atoms with Gasteiger partial charge in [-0.25, -0.2) is 18.1 Å². The third-order valence-electron chi connectivity index (χ3n) is 3.50. The van der Waals surface area contributed by atoms with Crippen LogP contribution in [0.1, 0.15) is 32.1 Å². The minimum absolute atomic E-state index is 0.0207. The molecule has 1 saturated carbocycles. The summed E-state index contributed by atoms with van der Waals surface area (Å²) in [6.45, 7) is 0.0207. The number of sulfonamides is 1. The molecule has 0 saturated heterocycles. The Morgan fingerprint density at radius 3 is 2.77 bits per heavy atom. The van der Waals surface area contributed by atoms with Crippen molar-refractivity contribution in [3.8, 4) is 0 Å². The van der Waals surface area contributed by atoms with Crippen LogP contribution in [0.5, 0.6) is 0 Å². The average molecular weight is 391 g/mol. The van der Waals surface area contributed by atoms with Gasteiger partial charge in [0.05, 0.1) is 0 Å². The third-order valence-corrected chi connectivity index (χ3v) is 5.43. The van der Waals surface area contributed by atoms with Crippen LogP contribution in [0.3, 0.4) is 0 Å². The second-order valence-electron chi connectivity index (χ2n) is 5.23. The summed E-state index contributed by atoms with van der Waals surface area (Å²) in [4.78, 5) is 15.4. The van der Waals surface area contributed by atoms with Crippen molar-refractivity contribution in [3.63, 3.8) is 0 Å². The molecule has 7 nitrogen and oxygen atoms in total. The van der Waals surface area contributed by atoms with E-state index in [0.29, 0.717) is 4.47 Å². The maximum Gasteiger partial charge on any atom is 0.244 e. The highest BCUT2D eigenvalue weighted by molar-refractivity contribution is 9.10. The summed E-state index contributed by atoms with van der Waals surface area (Å²) < 4.78 is 27.2. The molecule has 1 aromatic heterocycles. The number of hydrogen-bond donors (Lipinski definition) is 3. The Kier molecular flexibility index (Phi) is 5.76. The minimum atomic E-state index is -3.78. The number of anilines is 1. The predicted molar refractivity (Wildman–Crippen MR) is 86.6 cm³/mol. The minimum Gasteiger partial charge on any atom is -0.383 e. The quantitative estimate of drug-likeness (QED) is 0.673. The van der Waals surface area contributed by atoms with Gasteiger partial charge in [0.25, 0.3) is 0 Å². The maximum atomic E-state index is 12.1. The van der Waals surface area contributed by atoms with Gasteiger partial charge >= 0.3 is 0 Å². The molecule has 1 aliphatic carbocycles. The lowest BCUT2D eigenvalue weighted by atomic mass is 10.2. The van der Waals surface area contributed by atoms with E-state index in [9.17, 15) is 13.2 Å². The molecule has 1 amide bonds. The Labute approximate surface area is 138 Å². The van der Waals surface area contributed by atoms with E-state index in [1.54, 1.807) is 0 Å². The smallest absolute Gasteiger partial charge is 0.244 e. The number of pyridine rings is 1. The Morgan fingerprint density at radius 1 is 1.41 bits per heavy atom. The van der Waals surface area contributed by atoms with E-state index >= 15 is 0 Å². The normalized spacial score (nSPS) is 15.9. The average Bonchev–Trinajstić information content (AvgIpc) is 2.94. The summed E-state index contributed by atoms with van der Waals surface area (Å²) in [5.74, 6) is -0.221. The van der Waals surface area contributed by atoms with Crippen molar-refractivity contribution in [2.24, 2.45) is 0 Å². The monoisotopic (exact) mass is 390 g/mol. The van der Waals surface area contributed by atoms with Gasteiger partial charge in [-0.3, -0.25) is 4.79 Å². The van der Waals surface area contributed by atoms with Crippen molar-refractivity contribution in [2.45, 2.75) is 43.0 Å². The van der Waals surface area contributed by atoms with E-state index in [0.717, 1.165) is 25.7 Å². The lowest BCUT2D eigenvalue weighted by Crippen LogP contribution is -2.35. The van der Waals surface area contributed by atoms with Crippen LogP contribution in [0.2, 0.25) is 0 Å². The van der Waals surface area contributed by atoms with E-state index in [-0.39, 0.29) is 35.6 Å². The number of nitrogens with two attached hydrogens (primary N) is 1. The number of nitrogens with zero attached hydrogens (tertiary/aromatic N) is 1. The predicted octanol–water partition coefficient (Wildman–Crippen LogP) is 1.15. The number of amides is 1. The zero-order valence-electron chi connectivity index (χ0n) is 12.0. The number of carbonyl (C=O) groups excluding carboxylic acids is 1. The standard InChI is InChI=1S/C13H19BrN4O3S/c14-9-7-11(13(15)16-8-9)22(20,21)17-6-5-12(19)18-10-3-1-2-4-10/h7-8,10,17H,1-6H2,(H2,15,16)(H,18,19). The molecule has 1 heterocycles. The van der Waals surface area contributed by atoms with Crippen molar-refractivity contribution < 1.29 is 13.2 Å². The second-order valence-corrected chi connectivity index (χ2v) is 7.88. The topological polar surface area (TPSA) is 114 Å². The Balaban J connectivity index is 1.87. The summed E-state index contributed by atoms with van der Waals surface area (Å²) in [6, 6.07) is 1.61. The van der Waals surface area contributed by atoms with Gasteiger partial charge in [-0.1, -0.05) is 12.8 Å². The summed E-state index contributed by atoms with van der Waals surface area (Å²) >= 11 is 3.15. The Bertz CT molecular complexity index is 645. The molecular formula is C13H19BrN4O3S. The molecule has 122 valence electrons. The van der Waals surface area contributed by atoms with Gasteiger partial charge in [-0.2, -0.15) is 0 Å². The second kappa shape index (κ2) is 7.38. The first-order chi connectivity index (χ1) is 10.4. The molecule has 0 atom stereocenters. The fraction of sp³-hybridized carbons (Fsp3) is 0.538. The summed E-state index contributed by atoms with van der Waals surface area (Å²) in [7, 11) is -3.78. The fourth-order valence-corrected chi connectivity index (χ4v) is 4.01. The molecule has 0 unspecified atom stereocenters. The van der Waals surface area contributed by atoms with Crippen LogP contribution in [0, 0.1) is 0 Å². The number of nitrogens with one attached hydrogen (secondary N) is 2. The number of rotatable bonds is 6. The van der Waals surface area contributed by atoms with Gasteiger partial charge in [0.15, 0.2) is 0 Å². The highest BCUT2D eigenvalue weighted by Crippen LogP contribution is 2.20.